The van der Waals surface area contributed by atoms with Crippen LogP contribution in [0.4, 0.5) is 0 Å². The Kier molecular flexibility index (Phi) is 4.71. The molecule has 0 amide bonds. The standard InChI is InChI=1S/C30H46O2/c1-18-9-12-27(5)15-16-29(7)20(24(27)19(18)2)17-21(31)25-28(6)13-11-23(32)26(3,4)22(28)10-14-30(25,29)8/h17-19,22,24-25H,9-16H2,1-8H3. The van der Waals surface area contributed by atoms with Gasteiger partial charge in [0.25, 0.3) is 0 Å². The molecule has 5 rings (SSSR count). The van der Waals surface area contributed by atoms with Crippen molar-refractivity contribution in [2.45, 2.75) is 107 Å². The topological polar surface area (TPSA) is 34.1 Å². The summed E-state index contributed by atoms with van der Waals surface area (Å²) in [6, 6.07) is 0. The Labute approximate surface area is 196 Å². The fourth-order valence-corrected chi connectivity index (χ4v) is 10.5. The number of carbonyl (C=O) groups is 2. The fourth-order valence-electron chi connectivity index (χ4n) is 10.5. The van der Waals surface area contributed by atoms with Gasteiger partial charge in [0.2, 0.25) is 0 Å². The lowest BCUT2D eigenvalue weighted by atomic mass is 9.33. The molecule has 0 aromatic heterocycles. The molecule has 178 valence electrons. The van der Waals surface area contributed by atoms with E-state index >= 15 is 0 Å². The van der Waals surface area contributed by atoms with Gasteiger partial charge in [0.15, 0.2) is 5.78 Å². The molecule has 0 aromatic carbocycles. The van der Waals surface area contributed by atoms with Gasteiger partial charge in [0.05, 0.1) is 0 Å². The van der Waals surface area contributed by atoms with Crippen molar-refractivity contribution in [3.63, 3.8) is 0 Å². The Balaban J connectivity index is 1.65. The van der Waals surface area contributed by atoms with Gasteiger partial charge in [-0.3, -0.25) is 9.59 Å². The lowest BCUT2D eigenvalue weighted by Crippen LogP contribution is -2.66. The van der Waals surface area contributed by atoms with Gasteiger partial charge in [-0.25, -0.2) is 0 Å². The quantitative estimate of drug-likeness (QED) is 0.394. The van der Waals surface area contributed by atoms with Crippen molar-refractivity contribution < 1.29 is 9.59 Å². The first-order valence-electron chi connectivity index (χ1n) is 13.5. The highest BCUT2D eigenvalue weighted by Crippen LogP contribution is 2.74. The summed E-state index contributed by atoms with van der Waals surface area (Å²) in [5.41, 5.74) is 1.58. The van der Waals surface area contributed by atoms with E-state index < -0.39 is 0 Å². The van der Waals surface area contributed by atoms with Crippen molar-refractivity contribution in [3.05, 3.63) is 11.6 Å². The van der Waals surface area contributed by atoms with Gasteiger partial charge in [0, 0.05) is 17.8 Å². The van der Waals surface area contributed by atoms with E-state index in [0.29, 0.717) is 41.2 Å². The van der Waals surface area contributed by atoms with Crippen LogP contribution in [0.15, 0.2) is 11.6 Å². The number of Topliss-reactive ketones (excluding diaryl/α,β-unsaturated/α-hetero) is 1. The summed E-state index contributed by atoms with van der Waals surface area (Å²) in [6.07, 6.45) is 11.0. The second kappa shape index (κ2) is 6.60. The number of allylic oxidation sites excluding steroid dienone is 2. The van der Waals surface area contributed by atoms with E-state index in [1.807, 2.05) is 0 Å². The number of fused-ring (bicyclic) bond motifs is 7. The second-order valence-corrected chi connectivity index (χ2v) is 14.4. The Morgan fingerprint density at radius 3 is 2.22 bits per heavy atom. The molecule has 5 aliphatic rings. The Hall–Kier alpha value is -0.920. The monoisotopic (exact) mass is 438 g/mol. The zero-order valence-electron chi connectivity index (χ0n) is 21.9. The lowest BCUT2D eigenvalue weighted by Gasteiger charge is -2.70. The first kappa shape index (κ1) is 22.9. The first-order chi connectivity index (χ1) is 14.7. The van der Waals surface area contributed by atoms with Crippen LogP contribution >= 0.6 is 0 Å². The number of ketones is 2. The molecule has 5 aliphatic carbocycles. The molecule has 0 bridgehead atoms. The molecule has 32 heavy (non-hydrogen) atoms. The maximum absolute atomic E-state index is 14.2. The van der Waals surface area contributed by atoms with Crippen LogP contribution in [0.5, 0.6) is 0 Å². The van der Waals surface area contributed by atoms with Crippen LogP contribution in [0.2, 0.25) is 0 Å². The molecule has 0 aromatic rings. The number of hydrogen-bond donors (Lipinski definition) is 0. The van der Waals surface area contributed by atoms with Gasteiger partial charge < -0.3 is 0 Å². The highest BCUT2D eigenvalue weighted by molar-refractivity contribution is 5.96. The summed E-state index contributed by atoms with van der Waals surface area (Å²) in [6.45, 7) is 19.1. The summed E-state index contributed by atoms with van der Waals surface area (Å²) < 4.78 is 0. The minimum Gasteiger partial charge on any atom is -0.299 e. The molecular formula is C30H46O2. The molecule has 2 heteroatoms. The van der Waals surface area contributed by atoms with Gasteiger partial charge in [-0.15, -0.1) is 0 Å². The molecule has 2 nitrogen and oxygen atoms in total. The first-order valence-corrected chi connectivity index (χ1v) is 13.5. The van der Waals surface area contributed by atoms with Crippen molar-refractivity contribution >= 4 is 11.6 Å². The van der Waals surface area contributed by atoms with E-state index in [9.17, 15) is 9.59 Å². The van der Waals surface area contributed by atoms with Crippen molar-refractivity contribution in [3.8, 4) is 0 Å². The van der Waals surface area contributed by atoms with E-state index in [2.05, 4.69) is 61.5 Å². The summed E-state index contributed by atoms with van der Waals surface area (Å²) in [7, 11) is 0. The fraction of sp³-hybridized carbons (Fsp3) is 0.867. The Morgan fingerprint density at radius 2 is 1.53 bits per heavy atom. The van der Waals surface area contributed by atoms with Gasteiger partial charge in [0.1, 0.15) is 5.78 Å². The Morgan fingerprint density at radius 1 is 0.844 bits per heavy atom. The highest BCUT2D eigenvalue weighted by Gasteiger charge is 2.70. The zero-order valence-corrected chi connectivity index (χ0v) is 21.9. The van der Waals surface area contributed by atoms with Gasteiger partial charge in [-0.05, 0) is 96.4 Å². The molecular weight excluding hydrogens is 392 g/mol. The van der Waals surface area contributed by atoms with Gasteiger partial charge in [-0.1, -0.05) is 61.0 Å². The van der Waals surface area contributed by atoms with E-state index in [1.165, 1.54) is 31.3 Å². The lowest BCUT2D eigenvalue weighted by molar-refractivity contribution is -0.188. The largest absolute Gasteiger partial charge is 0.299 e. The normalized spacial score (nSPS) is 54.6. The van der Waals surface area contributed by atoms with Crippen LogP contribution in [0.25, 0.3) is 0 Å². The van der Waals surface area contributed by atoms with E-state index in [-0.39, 0.29) is 27.6 Å². The van der Waals surface area contributed by atoms with Crippen molar-refractivity contribution in [1.82, 2.24) is 0 Å². The number of carbonyl (C=O) groups excluding carboxylic acids is 2. The summed E-state index contributed by atoms with van der Waals surface area (Å²) in [5.74, 6) is 3.09. The molecule has 0 aliphatic heterocycles. The van der Waals surface area contributed by atoms with Crippen molar-refractivity contribution in [2.24, 2.45) is 56.7 Å². The highest BCUT2D eigenvalue weighted by atomic mass is 16.1. The van der Waals surface area contributed by atoms with Crippen LogP contribution in [-0.4, -0.2) is 11.6 Å². The molecule has 9 atom stereocenters. The predicted octanol–water partition coefficient (Wildman–Crippen LogP) is 7.41. The average molecular weight is 439 g/mol. The number of rotatable bonds is 0. The van der Waals surface area contributed by atoms with Crippen molar-refractivity contribution in [1.29, 1.82) is 0 Å². The summed E-state index contributed by atoms with van der Waals surface area (Å²) in [4.78, 5) is 27.1. The predicted molar refractivity (Wildman–Crippen MR) is 130 cm³/mol. The van der Waals surface area contributed by atoms with Gasteiger partial charge in [-0.2, -0.15) is 0 Å². The molecule has 9 unspecified atom stereocenters. The van der Waals surface area contributed by atoms with Crippen LogP contribution in [-0.2, 0) is 9.59 Å². The maximum atomic E-state index is 14.2. The third-order valence-electron chi connectivity index (χ3n) is 12.9. The molecule has 4 fully saturated rings. The van der Waals surface area contributed by atoms with Crippen LogP contribution in [0.3, 0.4) is 0 Å². The molecule has 4 saturated carbocycles. The van der Waals surface area contributed by atoms with Crippen LogP contribution in [0, 0.1) is 56.7 Å². The third-order valence-corrected chi connectivity index (χ3v) is 12.9. The molecule has 0 saturated heterocycles. The third kappa shape index (κ3) is 2.54. The minimum atomic E-state index is -0.308. The smallest absolute Gasteiger partial charge is 0.159 e. The van der Waals surface area contributed by atoms with E-state index in [1.54, 1.807) is 0 Å². The van der Waals surface area contributed by atoms with Crippen molar-refractivity contribution in [2.75, 3.05) is 0 Å². The minimum absolute atomic E-state index is 0.00236. The Bertz CT molecular complexity index is 897. The second-order valence-electron chi connectivity index (χ2n) is 14.4. The molecule has 0 spiro atoms. The zero-order chi connectivity index (χ0) is 23.5. The average Bonchev–Trinajstić information content (AvgIpc) is 2.70. The van der Waals surface area contributed by atoms with E-state index in [4.69, 9.17) is 0 Å². The molecule has 0 heterocycles. The van der Waals surface area contributed by atoms with E-state index in [0.717, 1.165) is 25.2 Å². The summed E-state index contributed by atoms with van der Waals surface area (Å²) in [5, 5.41) is 0. The molecule has 0 N–H and O–H groups in total. The molecule has 0 radical (unpaired) electrons. The van der Waals surface area contributed by atoms with Gasteiger partial charge >= 0.3 is 0 Å². The van der Waals surface area contributed by atoms with Crippen LogP contribution < -0.4 is 0 Å². The number of hydrogen-bond acceptors (Lipinski definition) is 2. The van der Waals surface area contributed by atoms with Crippen LogP contribution in [0.1, 0.15) is 107 Å². The SMILES string of the molecule is CC1CCC2(C)CCC3(C)C(=CC(=O)C4C5(C)CCC(=O)C(C)(C)C5CCC43C)C2C1C. The summed E-state index contributed by atoms with van der Waals surface area (Å²) >= 11 is 0. The maximum Gasteiger partial charge on any atom is 0.159 e.